The standard InChI is InChI=1S/C9H14N2O2S/c1-7-6-14-9(10-7)11(2)5-4-8(12)13-3/h6H,4-5H2,1-3H3. The fourth-order valence-corrected chi connectivity index (χ4v) is 1.77. The predicted molar refractivity (Wildman–Crippen MR) is 56.8 cm³/mol. The highest BCUT2D eigenvalue weighted by Crippen LogP contribution is 2.18. The van der Waals surface area contributed by atoms with Gasteiger partial charge in [-0.2, -0.15) is 0 Å². The topological polar surface area (TPSA) is 42.4 Å². The maximum Gasteiger partial charge on any atom is 0.307 e. The fraction of sp³-hybridized carbons (Fsp3) is 0.556. The molecule has 0 atom stereocenters. The van der Waals surface area contributed by atoms with Crippen LogP contribution in [0.3, 0.4) is 0 Å². The van der Waals surface area contributed by atoms with Crippen LogP contribution in [0, 0.1) is 6.92 Å². The Kier molecular flexibility index (Phi) is 3.88. The van der Waals surface area contributed by atoms with E-state index < -0.39 is 0 Å². The molecule has 1 aromatic rings. The van der Waals surface area contributed by atoms with E-state index in [4.69, 9.17) is 0 Å². The van der Waals surface area contributed by atoms with Crippen molar-refractivity contribution in [3.8, 4) is 0 Å². The van der Waals surface area contributed by atoms with Crippen LogP contribution in [0.2, 0.25) is 0 Å². The van der Waals surface area contributed by atoms with Gasteiger partial charge in [-0.15, -0.1) is 11.3 Å². The summed E-state index contributed by atoms with van der Waals surface area (Å²) < 4.78 is 4.56. The molecular weight excluding hydrogens is 200 g/mol. The molecule has 0 aliphatic carbocycles. The minimum absolute atomic E-state index is 0.190. The van der Waals surface area contributed by atoms with Gasteiger partial charge in [0.15, 0.2) is 5.13 Å². The lowest BCUT2D eigenvalue weighted by atomic mass is 10.4. The second-order valence-corrected chi connectivity index (χ2v) is 3.86. The summed E-state index contributed by atoms with van der Waals surface area (Å²) in [6.07, 6.45) is 0.394. The van der Waals surface area contributed by atoms with Crippen molar-refractivity contribution in [3.63, 3.8) is 0 Å². The maximum absolute atomic E-state index is 10.9. The molecule has 0 saturated carbocycles. The minimum atomic E-state index is -0.190. The number of carbonyl (C=O) groups is 1. The zero-order valence-electron chi connectivity index (χ0n) is 8.61. The largest absolute Gasteiger partial charge is 0.469 e. The van der Waals surface area contributed by atoms with Gasteiger partial charge in [0.25, 0.3) is 0 Å². The predicted octanol–water partition coefficient (Wildman–Crippen LogP) is 1.45. The van der Waals surface area contributed by atoms with Crippen LogP contribution in [0.15, 0.2) is 5.38 Å². The summed E-state index contributed by atoms with van der Waals surface area (Å²) in [6, 6.07) is 0. The lowest BCUT2D eigenvalue weighted by Gasteiger charge is -2.14. The molecule has 78 valence electrons. The van der Waals surface area contributed by atoms with Gasteiger partial charge in [0.2, 0.25) is 0 Å². The molecule has 0 bridgehead atoms. The van der Waals surface area contributed by atoms with Crippen LogP contribution in [-0.2, 0) is 9.53 Å². The molecule has 5 heteroatoms. The second-order valence-electron chi connectivity index (χ2n) is 3.02. The molecular formula is C9H14N2O2S. The normalized spacial score (nSPS) is 9.93. The van der Waals surface area contributed by atoms with Crippen LogP contribution in [-0.4, -0.2) is 31.7 Å². The Morgan fingerprint density at radius 3 is 2.93 bits per heavy atom. The molecule has 0 aliphatic heterocycles. The summed E-state index contributed by atoms with van der Waals surface area (Å²) in [7, 11) is 3.32. The Hall–Kier alpha value is -1.10. The van der Waals surface area contributed by atoms with Gasteiger partial charge >= 0.3 is 5.97 Å². The Morgan fingerprint density at radius 1 is 1.71 bits per heavy atom. The average molecular weight is 214 g/mol. The summed E-state index contributed by atoms with van der Waals surface area (Å²) in [5, 5.41) is 2.93. The molecule has 0 amide bonds. The number of thiazole rings is 1. The molecule has 0 N–H and O–H groups in total. The number of ether oxygens (including phenoxy) is 1. The lowest BCUT2D eigenvalue weighted by Crippen LogP contribution is -2.21. The van der Waals surface area contributed by atoms with Gasteiger partial charge in [-0.1, -0.05) is 0 Å². The first-order valence-corrected chi connectivity index (χ1v) is 5.21. The van der Waals surface area contributed by atoms with Gasteiger partial charge < -0.3 is 9.64 Å². The van der Waals surface area contributed by atoms with Crippen LogP contribution in [0.1, 0.15) is 12.1 Å². The van der Waals surface area contributed by atoms with E-state index in [9.17, 15) is 4.79 Å². The van der Waals surface area contributed by atoms with E-state index in [0.717, 1.165) is 10.8 Å². The van der Waals surface area contributed by atoms with Crippen molar-refractivity contribution in [2.75, 3.05) is 25.6 Å². The van der Waals surface area contributed by atoms with Crippen molar-refractivity contribution >= 4 is 22.4 Å². The zero-order valence-corrected chi connectivity index (χ0v) is 9.43. The number of rotatable bonds is 4. The Labute approximate surface area is 87.5 Å². The van der Waals surface area contributed by atoms with Crippen molar-refractivity contribution in [2.45, 2.75) is 13.3 Å². The highest BCUT2D eigenvalue weighted by atomic mass is 32.1. The first kappa shape index (κ1) is 11.0. The first-order chi connectivity index (χ1) is 6.63. The second kappa shape index (κ2) is 4.95. The van der Waals surface area contributed by atoms with Crippen molar-refractivity contribution in [3.05, 3.63) is 11.1 Å². The third-order valence-corrected chi connectivity index (χ3v) is 2.89. The number of aryl methyl sites for hydroxylation is 1. The molecule has 0 aromatic carbocycles. The van der Waals surface area contributed by atoms with Gasteiger partial charge in [-0.25, -0.2) is 4.98 Å². The molecule has 1 rings (SSSR count). The van der Waals surface area contributed by atoms with Gasteiger partial charge in [0, 0.05) is 19.0 Å². The molecule has 1 heterocycles. The van der Waals surface area contributed by atoms with E-state index in [1.165, 1.54) is 7.11 Å². The molecule has 0 fully saturated rings. The molecule has 14 heavy (non-hydrogen) atoms. The monoisotopic (exact) mass is 214 g/mol. The number of esters is 1. The lowest BCUT2D eigenvalue weighted by molar-refractivity contribution is -0.140. The average Bonchev–Trinajstić information content (AvgIpc) is 2.60. The fourth-order valence-electron chi connectivity index (χ4n) is 0.974. The zero-order chi connectivity index (χ0) is 10.6. The van der Waals surface area contributed by atoms with Crippen molar-refractivity contribution in [1.29, 1.82) is 0 Å². The number of aromatic nitrogens is 1. The molecule has 1 aromatic heterocycles. The number of hydrogen-bond acceptors (Lipinski definition) is 5. The summed E-state index contributed by atoms with van der Waals surface area (Å²) in [4.78, 5) is 17.1. The smallest absolute Gasteiger partial charge is 0.307 e. The van der Waals surface area contributed by atoms with E-state index in [1.807, 2.05) is 24.3 Å². The highest BCUT2D eigenvalue weighted by molar-refractivity contribution is 7.13. The van der Waals surface area contributed by atoms with Gasteiger partial charge in [-0.3, -0.25) is 4.79 Å². The highest BCUT2D eigenvalue weighted by Gasteiger charge is 2.07. The Morgan fingerprint density at radius 2 is 2.43 bits per heavy atom. The molecule has 0 spiro atoms. The van der Waals surface area contributed by atoms with E-state index in [0.29, 0.717) is 13.0 Å². The summed E-state index contributed by atoms with van der Waals surface area (Å²) >= 11 is 1.58. The third-order valence-electron chi connectivity index (χ3n) is 1.81. The van der Waals surface area contributed by atoms with Crippen LogP contribution < -0.4 is 4.90 Å². The van der Waals surface area contributed by atoms with E-state index in [1.54, 1.807) is 11.3 Å². The van der Waals surface area contributed by atoms with E-state index >= 15 is 0 Å². The van der Waals surface area contributed by atoms with Crippen LogP contribution in [0.5, 0.6) is 0 Å². The Bertz CT molecular complexity index is 312. The van der Waals surface area contributed by atoms with E-state index in [-0.39, 0.29) is 5.97 Å². The maximum atomic E-state index is 10.9. The van der Waals surface area contributed by atoms with Gasteiger partial charge in [-0.05, 0) is 6.92 Å². The van der Waals surface area contributed by atoms with Crippen molar-refractivity contribution in [1.82, 2.24) is 4.98 Å². The molecule has 0 saturated heterocycles. The molecule has 4 nitrogen and oxygen atoms in total. The quantitative estimate of drug-likeness (QED) is 0.711. The SMILES string of the molecule is COC(=O)CCN(C)c1nc(C)cs1. The number of nitrogens with zero attached hydrogens (tertiary/aromatic N) is 2. The van der Waals surface area contributed by atoms with Gasteiger partial charge in [0.05, 0.1) is 19.2 Å². The van der Waals surface area contributed by atoms with Crippen molar-refractivity contribution < 1.29 is 9.53 Å². The van der Waals surface area contributed by atoms with Crippen LogP contribution in [0.4, 0.5) is 5.13 Å². The first-order valence-electron chi connectivity index (χ1n) is 4.33. The third kappa shape index (κ3) is 2.99. The summed E-state index contributed by atoms with van der Waals surface area (Å²) in [5.74, 6) is -0.190. The molecule has 0 aliphatic rings. The van der Waals surface area contributed by atoms with Crippen LogP contribution in [0.25, 0.3) is 0 Å². The molecule has 0 radical (unpaired) electrons. The summed E-state index contributed by atoms with van der Waals surface area (Å²) in [5.41, 5.74) is 1.01. The number of methoxy groups -OCH3 is 1. The van der Waals surface area contributed by atoms with Crippen LogP contribution >= 0.6 is 11.3 Å². The molecule has 0 unspecified atom stereocenters. The number of hydrogen-bond donors (Lipinski definition) is 0. The number of carbonyl (C=O) groups excluding carboxylic acids is 1. The Balaban J connectivity index is 2.42. The number of anilines is 1. The summed E-state index contributed by atoms with van der Waals surface area (Å²) in [6.45, 7) is 2.59. The minimum Gasteiger partial charge on any atom is -0.469 e. The van der Waals surface area contributed by atoms with Crippen molar-refractivity contribution in [2.24, 2.45) is 0 Å². The van der Waals surface area contributed by atoms with Gasteiger partial charge in [0.1, 0.15) is 0 Å². The van der Waals surface area contributed by atoms with E-state index in [2.05, 4.69) is 9.72 Å².